The van der Waals surface area contributed by atoms with Crippen LogP contribution in [0, 0.1) is 12.7 Å². The van der Waals surface area contributed by atoms with Crippen molar-refractivity contribution in [1.82, 2.24) is 10.3 Å². The molecule has 1 N–H and O–H groups in total. The van der Waals surface area contributed by atoms with Gasteiger partial charge in [-0.1, -0.05) is 17.7 Å². The van der Waals surface area contributed by atoms with Crippen molar-refractivity contribution < 1.29 is 4.39 Å². The van der Waals surface area contributed by atoms with Crippen LogP contribution in [0.4, 0.5) is 4.39 Å². The van der Waals surface area contributed by atoms with Gasteiger partial charge in [-0.15, -0.1) is 11.3 Å². The molecule has 0 saturated heterocycles. The molecule has 1 heterocycles. The maximum atomic E-state index is 13.9. The average molecular weight is 285 g/mol. The second-order valence-electron chi connectivity index (χ2n) is 4.07. The van der Waals surface area contributed by atoms with Crippen LogP contribution in [-0.4, -0.2) is 12.0 Å². The van der Waals surface area contributed by atoms with Crippen molar-refractivity contribution in [3.8, 4) is 0 Å². The maximum Gasteiger partial charge on any atom is 0.129 e. The highest BCUT2D eigenvalue weighted by atomic mass is 35.5. The molecule has 0 spiro atoms. The van der Waals surface area contributed by atoms with Gasteiger partial charge in [-0.05, 0) is 26.1 Å². The van der Waals surface area contributed by atoms with E-state index in [4.69, 9.17) is 11.6 Å². The number of benzene rings is 1. The van der Waals surface area contributed by atoms with E-state index in [-0.39, 0.29) is 11.9 Å². The van der Waals surface area contributed by atoms with Crippen LogP contribution in [0.2, 0.25) is 5.02 Å². The molecule has 5 heteroatoms. The molecular weight excluding hydrogens is 271 g/mol. The van der Waals surface area contributed by atoms with Crippen molar-refractivity contribution in [1.29, 1.82) is 0 Å². The van der Waals surface area contributed by atoms with E-state index in [1.807, 2.05) is 19.4 Å². The number of hydrogen-bond acceptors (Lipinski definition) is 3. The molecule has 96 valence electrons. The van der Waals surface area contributed by atoms with E-state index >= 15 is 0 Å². The van der Waals surface area contributed by atoms with Gasteiger partial charge in [0.15, 0.2) is 0 Å². The van der Waals surface area contributed by atoms with Gasteiger partial charge in [0.2, 0.25) is 0 Å². The number of likely N-dealkylation sites (N-methyl/N-ethyl adjacent to an activating group) is 1. The lowest BCUT2D eigenvalue weighted by atomic mass is 10.0. The van der Waals surface area contributed by atoms with Crippen molar-refractivity contribution in [2.45, 2.75) is 19.4 Å². The molecule has 1 atom stereocenters. The highest BCUT2D eigenvalue weighted by Crippen LogP contribution is 2.24. The summed E-state index contributed by atoms with van der Waals surface area (Å²) in [5, 5.41) is 6.56. The molecule has 2 nitrogen and oxygen atoms in total. The summed E-state index contributed by atoms with van der Waals surface area (Å²) < 4.78 is 13.9. The quantitative estimate of drug-likeness (QED) is 0.925. The zero-order valence-corrected chi connectivity index (χ0v) is 11.8. The SMILES string of the molecule is CNC(Cc1csc(C)n1)c1ccc(Cl)cc1F. The lowest BCUT2D eigenvalue weighted by molar-refractivity contribution is 0.531. The first kappa shape index (κ1) is 13.5. The fourth-order valence-corrected chi connectivity index (χ4v) is 2.65. The monoisotopic (exact) mass is 284 g/mol. The van der Waals surface area contributed by atoms with Gasteiger partial charge in [-0.2, -0.15) is 0 Å². The molecule has 1 aromatic carbocycles. The van der Waals surface area contributed by atoms with Crippen molar-refractivity contribution in [2.75, 3.05) is 7.05 Å². The van der Waals surface area contributed by atoms with Crippen LogP contribution in [0.15, 0.2) is 23.6 Å². The first-order valence-corrected chi connectivity index (χ1v) is 6.89. The number of aromatic nitrogens is 1. The summed E-state index contributed by atoms with van der Waals surface area (Å²) in [6.45, 7) is 1.96. The number of nitrogens with zero attached hydrogens (tertiary/aromatic N) is 1. The maximum absolute atomic E-state index is 13.9. The lowest BCUT2D eigenvalue weighted by Gasteiger charge is -2.16. The minimum Gasteiger partial charge on any atom is -0.313 e. The first-order chi connectivity index (χ1) is 8.60. The largest absolute Gasteiger partial charge is 0.313 e. The van der Waals surface area contributed by atoms with Crippen molar-refractivity contribution in [3.63, 3.8) is 0 Å². The molecule has 2 rings (SSSR count). The van der Waals surface area contributed by atoms with E-state index in [0.717, 1.165) is 10.7 Å². The second-order valence-corrected chi connectivity index (χ2v) is 5.57. The summed E-state index contributed by atoms with van der Waals surface area (Å²) in [4.78, 5) is 4.40. The van der Waals surface area contributed by atoms with E-state index in [0.29, 0.717) is 17.0 Å². The Kier molecular flexibility index (Phi) is 4.32. The summed E-state index contributed by atoms with van der Waals surface area (Å²) in [6, 6.07) is 4.67. The molecule has 1 aromatic heterocycles. The second kappa shape index (κ2) is 5.78. The van der Waals surface area contributed by atoms with Crippen molar-refractivity contribution in [2.24, 2.45) is 0 Å². The third kappa shape index (κ3) is 3.07. The molecule has 0 fully saturated rings. The van der Waals surface area contributed by atoms with E-state index in [1.54, 1.807) is 23.5 Å². The molecule has 0 bridgehead atoms. The Bertz CT molecular complexity index is 542. The van der Waals surface area contributed by atoms with Gasteiger partial charge in [-0.25, -0.2) is 9.37 Å². The molecule has 2 aromatic rings. The molecule has 0 aliphatic heterocycles. The van der Waals surface area contributed by atoms with Gasteiger partial charge in [0.05, 0.1) is 10.7 Å². The Morgan fingerprint density at radius 3 is 2.83 bits per heavy atom. The standard InChI is InChI=1S/C13H14ClFN2S/c1-8-17-10(7-18-8)6-13(16-2)11-4-3-9(14)5-12(11)15/h3-5,7,13,16H,6H2,1-2H3. The van der Waals surface area contributed by atoms with Gasteiger partial charge < -0.3 is 5.32 Å². The van der Waals surface area contributed by atoms with E-state index in [1.165, 1.54) is 6.07 Å². The predicted octanol–water partition coefficient (Wildman–Crippen LogP) is 3.75. The zero-order valence-electron chi connectivity index (χ0n) is 10.2. The van der Waals surface area contributed by atoms with Crippen LogP contribution in [0.3, 0.4) is 0 Å². The van der Waals surface area contributed by atoms with Gasteiger partial charge in [0.25, 0.3) is 0 Å². The van der Waals surface area contributed by atoms with Crippen LogP contribution in [0.25, 0.3) is 0 Å². The third-order valence-electron chi connectivity index (χ3n) is 2.77. The van der Waals surface area contributed by atoms with Crippen LogP contribution >= 0.6 is 22.9 Å². The number of halogens is 2. The molecule has 0 amide bonds. The van der Waals surface area contributed by atoms with Crippen LogP contribution in [-0.2, 0) is 6.42 Å². The highest BCUT2D eigenvalue weighted by molar-refractivity contribution is 7.09. The number of aryl methyl sites for hydroxylation is 1. The Morgan fingerprint density at radius 1 is 1.50 bits per heavy atom. The summed E-state index contributed by atoms with van der Waals surface area (Å²) in [7, 11) is 1.82. The van der Waals surface area contributed by atoms with Gasteiger partial charge >= 0.3 is 0 Å². The van der Waals surface area contributed by atoms with E-state index in [2.05, 4.69) is 10.3 Å². The Morgan fingerprint density at radius 2 is 2.28 bits per heavy atom. The lowest BCUT2D eigenvalue weighted by Crippen LogP contribution is -2.20. The molecule has 18 heavy (non-hydrogen) atoms. The summed E-state index contributed by atoms with van der Waals surface area (Å²) in [5.41, 5.74) is 1.60. The Hall–Kier alpha value is -0.970. The van der Waals surface area contributed by atoms with Crippen LogP contribution in [0.5, 0.6) is 0 Å². The predicted molar refractivity (Wildman–Crippen MR) is 73.8 cm³/mol. The molecule has 0 aliphatic rings. The molecule has 0 saturated carbocycles. The number of nitrogens with one attached hydrogen (secondary N) is 1. The number of rotatable bonds is 4. The van der Waals surface area contributed by atoms with Gasteiger partial charge in [0.1, 0.15) is 5.82 Å². The molecule has 0 radical (unpaired) electrons. The third-order valence-corrected chi connectivity index (χ3v) is 3.82. The molecule has 0 aliphatic carbocycles. The minimum atomic E-state index is -0.284. The number of hydrogen-bond donors (Lipinski definition) is 1. The van der Waals surface area contributed by atoms with Crippen molar-refractivity contribution >= 4 is 22.9 Å². The van der Waals surface area contributed by atoms with E-state index < -0.39 is 0 Å². The summed E-state index contributed by atoms with van der Waals surface area (Å²) in [5.74, 6) is -0.284. The van der Waals surface area contributed by atoms with Gasteiger partial charge in [0, 0.05) is 28.4 Å². The van der Waals surface area contributed by atoms with Crippen LogP contribution < -0.4 is 5.32 Å². The Balaban J connectivity index is 2.22. The topological polar surface area (TPSA) is 24.9 Å². The zero-order chi connectivity index (χ0) is 13.1. The summed E-state index contributed by atoms with van der Waals surface area (Å²) in [6.07, 6.45) is 0.666. The minimum absolute atomic E-state index is 0.0937. The molecule has 1 unspecified atom stereocenters. The highest BCUT2D eigenvalue weighted by Gasteiger charge is 2.16. The average Bonchev–Trinajstić information content (AvgIpc) is 2.72. The normalized spacial score (nSPS) is 12.7. The van der Waals surface area contributed by atoms with E-state index in [9.17, 15) is 4.39 Å². The van der Waals surface area contributed by atoms with Crippen molar-refractivity contribution in [3.05, 3.63) is 50.7 Å². The van der Waals surface area contributed by atoms with Gasteiger partial charge in [-0.3, -0.25) is 0 Å². The fourth-order valence-electron chi connectivity index (χ4n) is 1.86. The Labute approximate surface area is 115 Å². The summed E-state index contributed by atoms with van der Waals surface area (Å²) >= 11 is 7.36. The fraction of sp³-hybridized carbons (Fsp3) is 0.308. The van der Waals surface area contributed by atoms with Crippen LogP contribution in [0.1, 0.15) is 22.3 Å². The number of thiazole rings is 1. The first-order valence-electron chi connectivity index (χ1n) is 5.63. The smallest absolute Gasteiger partial charge is 0.129 e. The molecular formula is C13H14ClFN2S.